The number of Topliss-reactive ketones (excluding diaryl/α,β-unsaturated/α-hetero) is 1. The Kier molecular flexibility index (Phi) is 16.5. The van der Waals surface area contributed by atoms with Gasteiger partial charge in [-0.05, 0) is 107 Å². The number of aliphatic hydroxyl groups is 1. The molecule has 0 aliphatic carbocycles. The summed E-state index contributed by atoms with van der Waals surface area (Å²) in [6.07, 6.45) is -1.65. The van der Waals surface area contributed by atoms with E-state index in [4.69, 9.17) is 33.2 Å². The third-order valence-electron chi connectivity index (χ3n) is 13.3. The van der Waals surface area contributed by atoms with Gasteiger partial charge in [0.05, 0.1) is 6.10 Å². The van der Waals surface area contributed by atoms with Crippen molar-refractivity contribution in [1.82, 2.24) is 0 Å². The van der Waals surface area contributed by atoms with Gasteiger partial charge in [-0.3, -0.25) is 4.79 Å². The summed E-state index contributed by atoms with van der Waals surface area (Å²) in [6, 6.07) is 67.6. The minimum atomic E-state index is -0.885. The lowest BCUT2D eigenvalue weighted by Gasteiger charge is -2.32. The van der Waals surface area contributed by atoms with Crippen LogP contribution in [0.3, 0.4) is 0 Å². The molecule has 0 spiro atoms. The molecule has 0 saturated heterocycles. The number of ketones is 1. The fourth-order valence-corrected chi connectivity index (χ4v) is 9.29. The van der Waals surface area contributed by atoms with Crippen LogP contribution in [0.1, 0.15) is 73.4 Å². The van der Waals surface area contributed by atoms with Gasteiger partial charge in [0.2, 0.25) is 0 Å². The van der Waals surface area contributed by atoms with Gasteiger partial charge in [0, 0.05) is 29.5 Å². The van der Waals surface area contributed by atoms with Gasteiger partial charge < -0.3 is 38.3 Å². The van der Waals surface area contributed by atoms with Crippen molar-refractivity contribution in [1.29, 1.82) is 0 Å². The Bertz CT molecular complexity index is 3390. The first kappa shape index (κ1) is 51.6. The SMILES string of the molecule is Cc1cc(OCc2ccccc2)c2c(c1)OC(c1ccc(OCc3ccccc3)c(F)c1)C(=O)C2.Cc1cc(OCc2ccccc2)c2c(c1)O[C@H](c1ccc(OCc3ccccc3)c(OCc3ccccc3)c1)[C@H](O)C2. The number of hydrogen-bond donors (Lipinski definition) is 1. The lowest BCUT2D eigenvalue weighted by molar-refractivity contribution is -0.126. The van der Waals surface area contributed by atoms with Crippen molar-refractivity contribution in [3.8, 4) is 40.2 Å². The van der Waals surface area contributed by atoms with E-state index in [2.05, 4.69) is 0 Å². The Balaban J connectivity index is 0.000000178. The van der Waals surface area contributed by atoms with Crippen LogP contribution in [0, 0.1) is 19.7 Å². The third kappa shape index (κ3) is 13.3. The summed E-state index contributed by atoms with van der Waals surface area (Å²) in [4.78, 5) is 13.0. The quantitative estimate of drug-likeness (QED) is 0.0955. The summed E-state index contributed by atoms with van der Waals surface area (Å²) in [5.74, 6) is 3.37. The average molecular weight is 1030 g/mol. The summed E-state index contributed by atoms with van der Waals surface area (Å²) in [5, 5.41) is 11.3. The predicted octanol–water partition coefficient (Wildman–Crippen LogP) is 14.3. The average Bonchev–Trinajstić information content (AvgIpc) is 3.49. The second-order valence-electron chi connectivity index (χ2n) is 19.2. The van der Waals surface area contributed by atoms with Crippen LogP contribution in [0.2, 0.25) is 0 Å². The number of halogens is 1. The van der Waals surface area contributed by atoms with E-state index in [1.807, 2.05) is 208 Å². The van der Waals surface area contributed by atoms with E-state index in [9.17, 15) is 14.3 Å². The van der Waals surface area contributed by atoms with Gasteiger partial charge in [-0.1, -0.05) is 164 Å². The second kappa shape index (κ2) is 24.7. The minimum Gasteiger partial charge on any atom is -0.488 e. The maximum atomic E-state index is 14.8. The predicted molar refractivity (Wildman–Crippen MR) is 294 cm³/mol. The highest BCUT2D eigenvalue weighted by Gasteiger charge is 2.34. The molecule has 3 atom stereocenters. The van der Waals surface area contributed by atoms with Crippen molar-refractivity contribution < 1.29 is 47.4 Å². The van der Waals surface area contributed by atoms with Crippen LogP contribution in [0.25, 0.3) is 0 Å². The largest absolute Gasteiger partial charge is 0.488 e. The third-order valence-corrected chi connectivity index (χ3v) is 13.3. The Morgan fingerprint density at radius 2 is 0.844 bits per heavy atom. The molecule has 11 rings (SSSR count). The van der Waals surface area contributed by atoms with Crippen LogP contribution in [0.4, 0.5) is 4.39 Å². The Morgan fingerprint density at radius 3 is 1.32 bits per heavy atom. The van der Waals surface area contributed by atoms with Gasteiger partial charge in [-0.15, -0.1) is 0 Å². The fraction of sp³-hybridized carbons (Fsp3) is 0.179. The molecule has 1 unspecified atom stereocenters. The topological polar surface area (TPSA) is 102 Å². The monoisotopic (exact) mass is 1030 g/mol. The number of rotatable bonds is 17. The summed E-state index contributed by atoms with van der Waals surface area (Å²) in [6.45, 7) is 5.88. The van der Waals surface area contributed by atoms with Gasteiger partial charge >= 0.3 is 0 Å². The molecule has 0 fully saturated rings. The Hall–Kier alpha value is -8.86. The number of benzene rings is 9. The summed E-state index contributed by atoms with van der Waals surface area (Å²) in [7, 11) is 0. The maximum Gasteiger partial charge on any atom is 0.182 e. The van der Waals surface area contributed by atoms with Crippen LogP contribution < -0.4 is 33.2 Å². The van der Waals surface area contributed by atoms with E-state index in [0.29, 0.717) is 61.4 Å². The standard InChI is InChI=1S/C37H34O5.C30H25FO4/c1-26-19-34(40-24-28-13-7-3-8-14-28)31-22-32(38)37(42-35(31)20-26)30-17-18-33(39-23-27-11-5-2-6-12-27)36(21-30)41-25-29-15-9-4-10-16-29;1-20-14-28(34-19-22-10-6-3-7-11-22)24-17-26(32)30(35-29(24)15-20)23-12-13-27(25(31)16-23)33-18-21-8-4-2-5-9-21/h2-21,32,37-38H,22-25H2,1H3;2-16,30H,17-19H2,1H3/t32-,37-;/m1./s1. The molecule has 388 valence electrons. The number of carbonyl (C=O) groups excluding carboxylic acids is 1. The zero-order chi connectivity index (χ0) is 52.9. The first-order valence-corrected chi connectivity index (χ1v) is 25.8. The number of hydrogen-bond acceptors (Lipinski definition) is 9. The van der Waals surface area contributed by atoms with E-state index in [1.165, 1.54) is 6.07 Å². The first-order chi connectivity index (χ1) is 37.7. The van der Waals surface area contributed by atoms with E-state index >= 15 is 0 Å². The highest BCUT2D eigenvalue weighted by atomic mass is 19.1. The number of aryl methyl sites for hydroxylation is 2. The molecule has 0 aromatic heterocycles. The molecular weight excluding hydrogens is 968 g/mol. The lowest BCUT2D eigenvalue weighted by atomic mass is 9.93. The molecule has 9 aromatic carbocycles. The number of carbonyl (C=O) groups is 1. The van der Waals surface area contributed by atoms with Gasteiger partial charge in [-0.2, -0.15) is 0 Å². The van der Waals surface area contributed by atoms with Crippen LogP contribution >= 0.6 is 0 Å². The zero-order valence-electron chi connectivity index (χ0n) is 43.0. The van der Waals surface area contributed by atoms with Gasteiger partial charge in [0.25, 0.3) is 0 Å². The van der Waals surface area contributed by atoms with Crippen molar-refractivity contribution in [2.75, 3.05) is 0 Å². The highest BCUT2D eigenvalue weighted by molar-refractivity contribution is 5.89. The Labute approximate surface area is 449 Å². The number of fused-ring (bicyclic) bond motifs is 2. The van der Waals surface area contributed by atoms with E-state index in [1.54, 1.807) is 12.1 Å². The molecular formula is C67H59FO9. The molecule has 9 nitrogen and oxygen atoms in total. The smallest absolute Gasteiger partial charge is 0.182 e. The van der Waals surface area contributed by atoms with Crippen LogP contribution in [0.15, 0.2) is 212 Å². The van der Waals surface area contributed by atoms with Crippen LogP contribution in [-0.4, -0.2) is 17.0 Å². The molecule has 0 amide bonds. The first-order valence-electron chi connectivity index (χ1n) is 25.8. The molecule has 2 aliphatic heterocycles. The van der Waals surface area contributed by atoms with Crippen LogP contribution in [-0.2, 0) is 50.7 Å². The normalized spacial score (nSPS) is 15.3. The van der Waals surface area contributed by atoms with Crippen molar-refractivity contribution in [3.63, 3.8) is 0 Å². The molecule has 0 bridgehead atoms. The molecule has 10 heteroatoms. The van der Waals surface area contributed by atoms with Crippen molar-refractivity contribution >= 4 is 5.78 Å². The van der Waals surface area contributed by atoms with Crippen molar-refractivity contribution in [3.05, 3.63) is 279 Å². The van der Waals surface area contributed by atoms with Crippen molar-refractivity contribution in [2.45, 2.75) is 78.0 Å². The van der Waals surface area contributed by atoms with Gasteiger partial charge in [-0.25, -0.2) is 4.39 Å². The molecule has 77 heavy (non-hydrogen) atoms. The van der Waals surface area contributed by atoms with E-state index in [-0.39, 0.29) is 24.6 Å². The molecule has 0 radical (unpaired) electrons. The minimum absolute atomic E-state index is 0.133. The van der Waals surface area contributed by atoms with Gasteiger partial charge in [0.15, 0.2) is 35.0 Å². The molecule has 9 aromatic rings. The summed E-state index contributed by atoms with van der Waals surface area (Å²) >= 11 is 0. The molecule has 0 saturated carbocycles. The fourth-order valence-electron chi connectivity index (χ4n) is 9.29. The molecule has 1 N–H and O–H groups in total. The highest BCUT2D eigenvalue weighted by Crippen LogP contribution is 2.44. The molecule has 2 heterocycles. The number of ether oxygens (including phenoxy) is 7. The van der Waals surface area contributed by atoms with Gasteiger partial charge in [0.1, 0.15) is 62.1 Å². The number of aliphatic hydroxyl groups excluding tert-OH is 1. The zero-order valence-corrected chi connectivity index (χ0v) is 43.0. The van der Waals surface area contributed by atoms with Crippen LogP contribution in [0.5, 0.6) is 40.2 Å². The maximum absolute atomic E-state index is 14.8. The lowest BCUT2D eigenvalue weighted by Crippen LogP contribution is -2.30. The summed E-state index contributed by atoms with van der Waals surface area (Å²) < 4.78 is 57.7. The second-order valence-corrected chi connectivity index (χ2v) is 19.2. The summed E-state index contributed by atoms with van der Waals surface area (Å²) in [5.41, 5.74) is 10.0. The van der Waals surface area contributed by atoms with Crippen molar-refractivity contribution in [2.24, 2.45) is 0 Å². The van der Waals surface area contributed by atoms with E-state index in [0.717, 1.165) is 67.1 Å². The molecule has 2 aliphatic rings. The van der Waals surface area contributed by atoms with E-state index < -0.39 is 24.1 Å². The Morgan fingerprint density at radius 1 is 0.442 bits per heavy atom.